The van der Waals surface area contributed by atoms with Gasteiger partial charge in [0.1, 0.15) is 0 Å². The standard InChI is InChI=1S/C14H18BrNO3/c1-10(11-5-7-12(15)8-6-11)14(19)16-9-3-2-4-13(17)18/h5-8,10H,2-4,9H2,1H3,(H,16,19)(H,17,18). The van der Waals surface area contributed by atoms with Crippen molar-refractivity contribution in [1.82, 2.24) is 5.32 Å². The molecule has 1 aromatic rings. The van der Waals surface area contributed by atoms with Crippen molar-refractivity contribution in [3.63, 3.8) is 0 Å². The number of carbonyl (C=O) groups excluding carboxylic acids is 1. The van der Waals surface area contributed by atoms with Crippen LogP contribution in [-0.4, -0.2) is 23.5 Å². The van der Waals surface area contributed by atoms with Crippen LogP contribution in [0.1, 0.15) is 37.7 Å². The number of carboxylic acids is 1. The number of nitrogens with one attached hydrogen (secondary N) is 1. The molecule has 0 spiro atoms. The Morgan fingerprint density at radius 2 is 1.89 bits per heavy atom. The number of rotatable bonds is 7. The second kappa shape index (κ2) is 7.94. The lowest BCUT2D eigenvalue weighted by atomic mass is 10.0. The number of halogens is 1. The van der Waals surface area contributed by atoms with Crippen molar-refractivity contribution in [2.45, 2.75) is 32.1 Å². The molecule has 0 aromatic heterocycles. The van der Waals surface area contributed by atoms with Crippen molar-refractivity contribution in [2.24, 2.45) is 0 Å². The summed E-state index contributed by atoms with van der Waals surface area (Å²) in [6.07, 6.45) is 1.42. The first-order valence-corrected chi connectivity index (χ1v) is 7.05. The van der Waals surface area contributed by atoms with E-state index in [4.69, 9.17) is 5.11 Å². The summed E-state index contributed by atoms with van der Waals surface area (Å²) in [6.45, 7) is 2.38. The molecule has 1 aromatic carbocycles. The van der Waals surface area contributed by atoms with Crippen LogP contribution in [0.5, 0.6) is 0 Å². The van der Waals surface area contributed by atoms with Gasteiger partial charge < -0.3 is 10.4 Å². The van der Waals surface area contributed by atoms with Crippen molar-refractivity contribution in [2.75, 3.05) is 6.54 Å². The summed E-state index contributed by atoms with van der Waals surface area (Å²) in [5, 5.41) is 11.3. The molecule has 0 aliphatic heterocycles. The molecular weight excluding hydrogens is 310 g/mol. The van der Waals surface area contributed by atoms with Gasteiger partial charge in [-0.25, -0.2) is 0 Å². The van der Waals surface area contributed by atoms with E-state index in [0.29, 0.717) is 19.4 Å². The number of amides is 1. The summed E-state index contributed by atoms with van der Waals surface area (Å²) in [5.41, 5.74) is 0.964. The zero-order valence-corrected chi connectivity index (χ0v) is 12.4. The van der Waals surface area contributed by atoms with Crippen LogP contribution >= 0.6 is 15.9 Å². The number of carboxylic acid groups (broad SMARTS) is 1. The van der Waals surface area contributed by atoms with Gasteiger partial charge in [0.15, 0.2) is 0 Å². The van der Waals surface area contributed by atoms with E-state index in [1.807, 2.05) is 31.2 Å². The van der Waals surface area contributed by atoms with Gasteiger partial charge in [-0.15, -0.1) is 0 Å². The van der Waals surface area contributed by atoms with Crippen LogP contribution in [0.15, 0.2) is 28.7 Å². The zero-order valence-electron chi connectivity index (χ0n) is 10.9. The van der Waals surface area contributed by atoms with E-state index in [1.54, 1.807) is 0 Å². The maximum Gasteiger partial charge on any atom is 0.303 e. The monoisotopic (exact) mass is 327 g/mol. The van der Waals surface area contributed by atoms with Crippen molar-refractivity contribution >= 4 is 27.8 Å². The first-order chi connectivity index (χ1) is 9.00. The highest BCUT2D eigenvalue weighted by molar-refractivity contribution is 9.10. The van der Waals surface area contributed by atoms with Gasteiger partial charge in [0.25, 0.3) is 0 Å². The molecule has 1 atom stereocenters. The minimum atomic E-state index is -0.797. The van der Waals surface area contributed by atoms with Crippen LogP contribution in [0.4, 0.5) is 0 Å². The van der Waals surface area contributed by atoms with Gasteiger partial charge in [0.05, 0.1) is 5.92 Å². The molecule has 4 nitrogen and oxygen atoms in total. The number of unbranched alkanes of at least 4 members (excludes halogenated alkanes) is 1. The van der Waals surface area contributed by atoms with Crippen LogP contribution in [0.2, 0.25) is 0 Å². The Kier molecular flexibility index (Phi) is 6.56. The Morgan fingerprint density at radius 1 is 1.26 bits per heavy atom. The van der Waals surface area contributed by atoms with E-state index in [9.17, 15) is 9.59 Å². The maximum atomic E-state index is 11.9. The Labute approximate surface area is 121 Å². The van der Waals surface area contributed by atoms with E-state index < -0.39 is 5.97 Å². The molecule has 104 valence electrons. The van der Waals surface area contributed by atoms with Crippen LogP contribution in [0.3, 0.4) is 0 Å². The van der Waals surface area contributed by atoms with Crippen LogP contribution in [0.25, 0.3) is 0 Å². The Morgan fingerprint density at radius 3 is 2.47 bits per heavy atom. The number of carbonyl (C=O) groups is 2. The summed E-state index contributed by atoms with van der Waals surface area (Å²) in [4.78, 5) is 22.2. The summed E-state index contributed by atoms with van der Waals surface area (Å²) in [5.74, 6) is -1.03. The number of hydrogen-bond donors (Lipinski definition) is 2. The second-order valence-corrected chi connectivity index (χ2v) is 5.33. The molecule has 1 amide bonds. The first kappa shape index (κ1) is 15.7. The smallest absolute Gasteiger partial charge is 0.303 e. The highest BCUT2D eigenvalue weighted by Crippen LogP contribution is 2.18. The van der Waals surface area contributed by atoms with Crippen LogP contribution in [-0.2, 0) is 9.59 Å². The fraction of sp³-hybridized carbons (Fsp3) is 0.429. The van der Waals surface area contributed by atoms with E-state index in [1.165, 1.54) is 0 Å². The predicted molar refractivity (Wildman–Crippen MR) is 77.1 cm³/mol. The molecule has 1 rings (SSSR count). The molecule has 0 bridgehead atoms. The van der Waals surface area contributed by atoms with Gasteiger partial charge in [-0.3, -0.25) is 9.59 Å². The number of aliphatic carboxylic acids is 1. The molecule has 19 heavy (non-hydrogen) atoms. The average molecular weight is 328 g/mol. The van der Waals surface area contributed by atoms with E-state index in [0.717, 1.165) is 10.0 Å². The fourth-order valence-electron chi connectivity index (χ4n) is 1.67. The van der Waals surface area contributed by atoms with Crippen LogP contribution in [0, 0.1) is 0 Å². The molecule has 0 aliphatic carbocycles. The minimum Gasteiger partial charge on any atom is -0.481 e. The normalized spacial score (nSPS) is 11.9. The topological polar surface area (TPSA) is 66.4 Å². The molecular formula is C14H18BrNO3. The molecule has 0 fully saturated rings. The summed E-state index contributed by atoms with van der Waals surface area (Å²) >= 11 is 3.35. The minimum absolute atomic E-state index is 0.0300. The quantitative estimate of drug-likeness (QED) is 0.756. The molecule has 0 heterocycles. The summed E-state index contributed by atoms with van der Waals surface area (Å²) in [7, 11) is 0. The fourth-order valence-corrected chi connectivity index (χ4v) is 1.93. The van der Waals surface area contributed by atoms with Crippen molar-refractivity contribution in [3.8, 4) is 0 Å². The highest BCUT2D eigenvalue weighted by atomic mass is 79.9. The lowest BCUT2D eigenvalue weighted by Crippen LogP contribution is -2.28. The number of hydrogen-bond acceptors (Lipinski definition) is 2. The van der Waals surface area contributed by atoms with E-state index >= 15 is 0 Å². The second-order valence-electron chi connectivity index (χ2n) is 4.42. The zero-order chi connectivity index (χ0) is 14.3. The van der Waals surface area contributed by atoms with E-state index in [2.05, 4.69) is 21.2 Å². The molecule has 5 heteroatoms. The lowest BCUT2D eigenvalue weighted by Gasteiger charge is -2.12. The molecule has 2 N–H and O–H groups in total. The molecule has 0 saturated heterocycles. The van der Waals surface area contributed by atoms with Gasteiger partial charge in [0.2, 0.25) is 5.91 Å². The molecule has 1 unspecified atom stereocenters. The Bertz CT molecular complexity index is 431. The van der Waals surface area contributed by atoms with Gasteiger partial charge in [-0.05, 0) is 37.5 Å². The Balaban J connectivity index is 2.32. The summed E-state index contributed by atoms with van der Waals surface area (Å²) < 4.78 is 0.984. The molecule has 0 radical (unpaired) electrons. The Hall–Kier alpha value is -1.36. The SMILES string of the molecule is CC(C(=O)NCCCCC(=O)O)c1ccc(Br)cc1. The van der Waals surface area contributed by atoms with Crippen molar-refractivity contribution in [3.05, 3.63) is 34.3 Å². The van der Waals surface area contributed by atoms with Crippen molar-refractivity contribution in [1.29, 1.82) is 0 Å². The third-order valence-electron chi connectivity index (χ3n) is 2.88. The predicted octanol–water partition coefficient (Wildman–Crippen LogP) is 2.92. The largest absolute Gasteiger partial charge is 0.481 e. The summed E-state index contributed by atoms with van der Waals surface area (Å²) in [6, 6.07) is 7.65. The first-order valence-electron chi connectivity index (χ1n) is 6.25. The molecule has 0 saturated carbocycles. The third-order valence-corrected chi connectivity index (χ3v) is 3.41. The van der Waals surface area contributed by atoms with Crippen LogP contribution < -0.4 is 5.32 Å². The maximum absolute atomic E-state index is 11.9. The highest BCUT2D eigenvalue weighted by Gasteiger charge is 2.14. The third kappa shape index (κ3) is 5.87. The van der Waals surface area contributed by atoms with Gasteiger partial charge in [0, 0.05) is 17.4 Å². The molecule has 0 aliphatic rings. The van der Waals surface area contributed by atoms with Crippen molar-refractivity contribution < 1.29 is 14.7 Å². The van der Waals surface area contributed by atoms with E-state index in [-0.39, 0.29) is 18.2 Å². The lowest BCUT2D eigenvalue weighted by molar-refractivity contribution is -0.137. The number of benzene rings is 1. The average Bonchev–Trinajstić information content (AvgIpc) is 2.37. The van der Waals surface area contributed by atoms with Gasteiger partial charge >= 0.3 is 5.97 Å². The van der Waals surface area contributed by atoms with Gasteiger partial charge in [-0.1, -0.05) is 28.1 Å². The van der Waals surface area contributed by atoms with Gasteiger partial charge in [-0.2, -0.15) is 0 Å².